The minimum Gasteiger partial charge on any atom is -0.482 e. The van der Waals surface area contributed by atoms with E-state index in [-0.39, 0.29) is 19.1 Å². The van der Waals surface area contributed by atoms with Crippen LogP contribution in [0.25, 0.3) is 0 Å². The van der Waals surface area contributed by atoms with Gasteiger partial charge >= 0.3 is 5.97 Å². The SMILES string of the molecule is CCOC(=O)COc1ccc(C(COS(C)(=O)=O)Cc2ncc[nH]2)cc1. The third kappa shape index (κ3) is 6.85. The number of aromatic amines is 1. The number of carbonyl (C=O) groups is 1. The highest BCUT2D eigenvalue weighted by Crippen LogP contribution is 2.23. The third-order valence-corrected chi connectivity index (χ3v) is 4.06. The van der Waals surface area contributed by atoms with Crippen LogP contribution < -0.4 is 4.74 Å². The van der Waals surface area contributed by atoms with Crippen LogP contribution in [-0.4, -0.2) is 50.4 Å². The summed E-state index contributed by atoms with van der Waals surface area (Å²) in [5, 5.41) is 0. The fraction of sp³-hybridized carbons (Fsp3) is 0.412. The lowest BCUT2D eigenvalue weighted by Crippen LogP contribution is -2.16. The van der Waals surface area contributed by atoms with Crippen LogP contribution in [0, 0.1) is 0 Å². The molecule has 2 aromatic rings. The van der Waals surface area contributed by atoms with Crippen LogP contribution in [0.3, 0.4) is 0 Å². The predicted molar refractivity (Wildman–Crippen MR) is 94.4 cm³/mol. The van der Waals surface area contributed by atoms with Gasteiger partial charge < -0.3 is 14.5 Å². The Hall–Kier alpha value is -2.39. The smallest absolute Gasteiger partial charge is 0.344 e. The van der Waals surface area contributed by atoms with Crippen LogP contribution in [0.1, 0.15) is 24.2 Å². The van der Waals surface area contributed by atoms with Crippen LogP contribution in [0.4, 0.5) is 0 Å². The molecule has 26 heavy (non-hydrogen) atoms. The van der Waals surface area contributed by atoms with Crippen molar-refractivity contribution in [1.82, 2.24) is 9.97 Å². The molecular weight excluding hydrogens is 360 g/mol. The number of hydrogen-bond acceptors (Lipinski definition) is 7. The topological polar surface area (TPSA) is 108 Å². The summed E-state index contributed by atoms with van der Waals surface area (Å²) in [5.74, 6) is 0.598. The first-order valence-corrected chi connectivity index (χ1v) is 9.90. The van der Waals surface area contributed by atoms with Gasteiger partial charge in [0.1, 0.15) is 11.6 Å². The molecule has 8 nitrogen and oxygen atoms in total. The number of ether oxygens (including phenoxy) is 2. The third-order valence-electron chi connectivity index (χ3n) is 3.49. The van der Waals surface area contributed by atoms with Gasteiger partial charge in [-0.1, -0.05) is 12.1 Å². The van der Waals surface area contributed by atoms with Crippen molar-refractivity contribution in [2.75, 3.05) is 26.1 Å². The average molecular weight is 382 g/mol. The molecule has 9 heteroatoms. The number of carbonyl (C=O) groups excluding carboxylic acids is 1. The first-order valence-electron chi connectivity index (χ1n) is 8.08. The van der Waals surface area contributed by atoms with Crippen molar-refractivity contribution < 1.29 is 26.9 Å². The summed E-state index contributed by atoms with van der Waals surface area (Å²) >= 11 is 0. The zero-order valence-corrected chi connectivity index (χ0v) is 15.5. The summed E-state index contributed by atoms with van der Waals surface area (Å²) in [6.07, 6.45) is 4.85. The summed E-state index contributed by atoms with van der Waals surface area (Å²) in [5.41, 5.74) is 0.869. The van der Waals surface area contributed by atoms with E-state index in [1.54, 1.807) is 43.6 Å². The maximum absolute atomic E-state index is 11.3. The van der Waals surface area contributed by atoms with Crippen molar-refractivity contribution in [1.29, 1.82) is 0 Å². The van der Waals surface area contributed by atoms with E-state index < -0.39 is 16.1 Å². The maximum atomic E-state index is 11.3. The highest BCUT2D eigenvalue weighted by Gasteiger charge is 2.17. The molecule has 0 spiro atoms. The quantitative estimate of drug-likeness (QED) is 0.492. The summed E-state index contributed by atoms with van der Waals surface area (Å²) < 4.78 is 37.8. The van der Waals surface area contributed by atoms with Gasteiger partial charge in [-0.15, -0.1) is 0 Å². The zero-order chi connectivity index (χ0) is 19.0. The molecule has 0 fully saturated rings. The molecule has 1 aromatic carbocycles. The van der Waals surface area contributed by atoms with Gasteiger partial charge in [0.2, 0.25) is 0 Å². The predicted octanol–water partition coefficient (Wildman–Crippen LogP) is 1.65. The maximum Gasteiger partial charge on any atom is 0.344 e. The van der Waals surface area contributed by atoms with Crippen LogP contribution in [-0.2, 0) is 30.3 Å². The highest BCUT2D eigenvalue weighted by molar-refractivity contribution is 7.85. The summed E-state index contributed by atoms with van der Waals surface area (Å²) in [6.45, 7) is 1.86. The van der Waals surface area contributed by atoms with Gasteiger partial charge in [0.25, 0.3) is 10.1 Å². The number of hydrogen-bond donors (Lipinski definition) is 1. The van der Waals surface area contributed by atoms with Crippen molar-refractivity contribution in [2.45, 2.75) is 19.3 Å². The van der Waals surface area contributed by atoms with Crippen molar-refractivity contribution in [3.05, 3.63) is 48.0 Å². The second kappa shape index (κ2) is 9.35. The number of nitrogens with zero attached hydrogens (tertiary/aromatic N) is 1. The highest BCUT2D eigenvalue weighted by atomic mass is 32.2. The van der Waals surface area contributed by atoms with Gasteiger partial charge in [0.15, 0.2) is 6.61 Å². The number of imidazole rings is 1. The summed E-state index contributed by atoms with van der Waals surface area (Å²) in [4.78, 5) is 18.5. The molecule has 1 atom stereocenters. The van der Waals surface area contributed by atoms with E-state index >= 15 is 0 Å². The summed E-state index contributed by atoms with van der Waals surface area (Å²) in [6, 6.07) is 7.04. The largest absolute Gasteiger partial charge is 0.482 e. The Bertz CT molecular complexity index is 787. The van der Waals surface area contributed by atoms with Crippen molar-refractivity contribution in [3.8, 4) is 5.75 Å². The van der Waals surface area contributed by atoms with Gasteiger partial charge in [0, 0.05) is 24.7 Å². The van der Waals surface area contributed by atoms with Gasteiger partial charge in [-0.3, -0.25) is 4.18 Å². The lowest BCUT2D eigenvalue weighted by Gasteiger charge is -2.16. The number of nitrogens with one attached hydrogen (secondary N) is 1. The van der Waals surface area contributed by atoms with E-state index in [1.807, 2.05) is 0 Å². The molecule has 0 aliphatic carbocycles. The summed E-state index contributed by atoms with van der Waals surface area (Å²) in [7, 11) is -3.54. The number of rotatable bonds is 10. The molecule has 142 valence electrons. The molecule has 1 unspecified atom stereocenters. The molecule has 0 saturated carbocycles. The fourth-order valence-corrected chi connectivity index (χ4v) is 2.71. The van der Waals surface area contributed by atoms with Gasteiger partial charge in [-0.05, 0) is 24.6 Å². The molecule has 0 bridgehead atoms. The van der Waals surface area contributed by atoms with Crippen LogP contribution >= 0.6 is 0 Å². The second-order valence-corrected chi connectivity index (χ2v) is 7.23. The van der Waals surface area contributed by atoms with E-state index in [1.165, 1.54) is 0 Å². The number of H-pyrrole nitrogens is 1. The molecule has 0 amide bonds. The zero-order valence-electron chi connectivity index (χ0n) is 14.7. The minimum atomic E-state index is -3.54. The lowest BCUT2D eigenvalue weighted by molar-refractivity contribution is -0.145. The Morgan fingerprint density at radius 2 is 2.00 bits per heavy atom. The molecule has 0 radical (unpaired) electrons. The van der Waals surface area contributed by atoms with E-state index in [4.69, 9.17) is 13.7 Å². The van der Waals surface area contributed by atoms with Crippen molar-refractivity contribution in [2.24, 2.45) is 0 Å². The molecule has 1 N–H and O–H groups in total. The van der Waals surface area contributed by atoms with E-state index in [2.05, 4.69) is 9.97 Å². The molecule has 1 aromatic heterocycles. The Labute approximate surface area is 152 Å². The molecule has 0 saturated heterocycles. The lowest BCUT2D eigenvalue weighted by atomic mass is 9.96. The van der Waals surface area contributed by atoms with Crippen molar-refractivity contribution >= 4 is 16.1 Å². The number of benzene rings is 1. The van der Waals surface area contributed by atoms with Crippen LogP contribution in [0.5, 0.6) is 5.75 Å². The Kier molecular flexibility index (Phi) is 7.16. The minimum absolute atomic E-state index is 0.00254. The van der Waals surface area contributed by atoms with Crippen molar-refractivity contribution in [3.63, 3.8) is 0 Å². The Balaban J connectivity index is 2.05. The van der Waals surface area contributed by atoms with E-state index in [0.29, 0.717) is 18.8 Å². The van der Waals surface area contributed by atoms with E-state index in [9.17, 15) is 13.2 Å². The molecule has 1 heterocycles. The average Bonchev–Trinajstić information content (AvgIpc) is 3.10. The standard InChI is InChI=1S/C17H22N2O6S/c1-3-23-17(20)12-24-15-6-4-13(5-7-15)14(11-25-26(2,21)22)10-16-18-8-9-19-16/h4-9,14H,3,10-12H2,1-2H3,(H,18,19). The van der Waals surface area contributed by atoms with Gasteiger partial charge in [-0.25, -0.2) is 9.78 Å². The van der Waals surface area contributed by atoms with E-state index in [0.717, 1.165) is 17.6 Å². The second-order valence-electron chi connectivity index (χ2n) is 5.59. The number of esters is 1. The normalized spacial score (nSPS) is 12.5. The molecule has 0 aliphatic rings. The molecule has 2 rings (SSSR count). The Morgan fingerprint density at radius 1 is 1.27 bits per heavy atom. The number of aromatic nitrogens is 2. The monoisotopic (exact) mass is 382 g/mol. The molecule has 0 aliphatic heterocycles. The van der Waals surface area contributed by atoms with Crippen LogP contribution in [0.15, 0.2) is 36.7 Å². The fourth-order valence-electron chi connectivity index (χ4n) is 2.30. The van der Waals surface area contributed by atoms with Gasteiger partial charge in [0.05, 0.1) is 19.5 Å². The first kappa shape index (κ1) is 19.9. The first-order chi connectivity index (χ1) is 12.4. The van der Waals surface area contributed by atoms with Crippen LogP contribution in [0.2, 0.25) is 0 Å². The molecular formula is C17H22N2O6S. The Morgan fingerprint density at radius 3 is 2.58 bits per heavy atom. The van der Waals surface area contributed by atoms with Gasteiger partial charge in [-0.2, -0.15) is 8.42 Å².